The van der Waals surface area contributed by atoms with Crippen LogP contribution in [0.15, 0.2) is 18.3 Å². The molecular weight excluding hydrogens is 492 g/mol. The van der Waals surface area contributed by atoms with Crippen molar-refractivity contribution in [2.75, 3.05) is 20.1 Å². The van der Waals surface area contributed by atoms with Crippen LogP contribution in [0.1, 0.15) is 32.9 Å². The number of nitrogens with zero attached hydrogens (tertiary/aromatic N) is 4. The Morgan fingerprint density at radius 3 is 2.69 bits per heavy atom. The number of thiophene rings is 1. The Balaban J connectivity index is 1.88. The van der Waals surface area contributed by atoms with Crippen molar-refractivity contribution in [3.63, 3.8) is 0 Å². The molecule has 35 heavy (non-hydrogen) atoms. The second-order valence-electron chi connectivity index (χ2n) is 8.17. The highest BCUT2D eigenvalue weighted by Crippen LogP contribution is 2.40. The van der Waals surface area contributed by atoms with Crippen molar-refractivity contribution in [2.24, 2.45) is 0 Å². The molecule has 0 aliphatic carbocycles. The number of hydrogen-bond donors (Lipinski definition) is 2. The average molecular weight is 512 g/mol. The Kier molecular flexibility index (Phi) is 6.40. The fourth-order valence-corrected chi connectivity index (χ4v) is 5.15. The zero-order valence-corrected chi connectivity index (χ0v) is 19.4. The molecule has 4 heterocycles. The average Bonchev–Trinajstić information content (AvgIpc) is 3.42. The molecule has 1 fully saturated rings. The summed E-state index contributed by atoms with van der Waals surface area (Å²) in [6.07, 6.45) is -4.39. The van der Waals surface area contributed by atoms with E-state index in [1.807, 2.05) is 0 Å². The van der Waals surface area contributed by atoms with Gasteiger partial charge in [0.05, 0.1) is 33.5 Å². The van der Waals surface area contributed by atoms with E-state index in [-0.39, 0.29) is 50.6 Å². The Morgan fingerprint density at radius 1 is 1.34 bits per heavy atom. The van der Waals surface area contributed by atoms with Crippen LogP contribution in [-0.2, 0) is 12.8 Å². The molecule has 0 spiro atoms. The molecule has 3 aromatic rings. The number of carboxylic acid groups (broad SMARTS) is 1. The molecule has 0 aromatic carbocycles. The number of carbonyl (C=O) groups is 2. The maximum Gasteiger partial charge on any atom is 0.433 e. The summed E-state index contributed by atoms with van der Waals surface area (Å²) < 4.78 is 55.7. The highest BCUT2D eigenvalue weighted by atomic mass is 32.1. The number of rotatable bonds is 4. The second kappa shape index (κ2) is 9.04. The predicted molar refractivity (Wildman–Crippen MR) is 119 cm³/mol. The smallest absolute Gasteiger partial charge is 0.433 e. The third-order valence-electron chi connectivity index (χ3n) is 6.00. The van der Waals surface area contributed by atoms with Gasteiger partial charge in [-0.25, -0.2) is 14.2 Å². The number of aliphatic hydroxyl groups is 1. The van der Waals surface area contributed by atoms with E-state index in [1.54, 1.807) is 0 Å². The highest BCUT2D eigenvalue weighted by Gasteiger charge is 2.37. The molecular formula is C22H20F4N4O4S. The minimum Gasteiger partial charge on any atom is -0.465 e. The molecule has 1 atom stereocenters. The maximum atomic E-state index is 14.6. The van der Waals surface area contributed by atoms with E-state index < -0.39 is 42.3 Å². The van der Waals surface area contributed by atoms with E-state index in [4.69, 9.17) is 0 Å². The number of alkyl halides is 3. The minimum absolute atomic E-state index is 0.0201. The predicted octanol–water partition coefficient (Wildman–Crippen LogP) is 4.14. The van der Waals surface area contributed by atoms with Gasteiger partial charge in [-0.1, -0.05) is 0 Å². The molecule has 8 nitrogen and oxygen atoms in total. The fourth-order valence-electron chi connectivity index (χ4n) is 4.14. The summed E-state index contributed by atoms with van der Waals surface area (Å²) in [7, 11) is 1.38. The van der Waals surface area contributed by atoms with Gasteiger partial charge < -0.3 is 20.0 Å². The second-order valence-corrected chi connectivity index (χ2v) is 9.27. The van der Waals surface area contributed by atoms with Gasteiger partial charge in [0.15, 0.2) is 5.82 Å². The molecule has 4 rings (SSSR count). The number of likely N-dealkylation sites (N-methyl/N-ethyl adjacent to an activating group) is 1. The number of aliphatic hydroxyl groups excluding tert-OH is 1. The summed E-state index contributed by atoms with van der Waals surface area (Å²) in [6, 6.07) is 1.66. The lowest BCUT2D eigenvalue weighted by molar-refractivity contribution is -0.141. The van der Waals surface area contributed by atoms with Crippen LogP contribution >= 0.6 is 11.3 Å². The lowest BCUT2D eigenvalue weighted by Crippen LogP contribution is -2.39. The monoisotopic (exact) mass is 512 g/mol. The van der Waals surface area contributed by atoms with E-state index in [0.717, 1.165) is 22.3 Å². The van der Waals surface area contributed by atoms with E-state index in [0.29, 0.717) is 6.42 Å². The van der Waals surface area contributed by atoms with Crippen LogP contribution in [0.2, 0.25) is 0 Å². The van der Waals surface area contributed by atoms with Gasteiger partial charge in [0.2, 0.25) is 0 Å². The standard InChI is InChI=1S/C22H20F4N4O4S/c1-10-7-14(22(24,25)26)28-17(12-3-5-27-18-16(23)13(9-31)35-19(12)18)15(10)20(32)30-6-4-11(8-30)29(2)21(33)34/h3,5,7,11,31H,4,6,8-9H2,1-2H3,(H,33,34)/t11-/m0/s1. The molecule has 0 unspecified atom stereocenters. The molecule has 13 heteroatoms. The van der Waals surface area contributed by atoms with Crippen LogP contribution in [0.3, 0.4) is 0 Å². The number of halogens is 4. The number of hydrogen-bond acceptors (Lipinski definition) is 6. The Bertz CT molecular complexity index is 1330. The summed E-state index contributed by atoms with van der Waals surface area (Å²) in [5.41, 5.74) is -1.63. The molecule has 2 amide bonds. The maximum absolute atomic E-state index is 14.6. The van der Waals surface area contributed by atoms with Crippen LogP contribution in [0.4, 0.5) is 22.4 Å². The van der Waals surface area contributed by atoms with Crippen molar-refractivity contribution in [2.45, 2.75) is 32.2 Å². The summed E-state index contributed by atoms with van der Waals surface area (Å²) in [6.45, 7) is 1.00. The zero-order chi connectivity index (χ0) is 25.7. The van der Waals surface area contributed by atoms with Crippen molar-refractivity contribution in [1.29, 1.82) is 0 Å². The molecule has 3 aromatic heterocycles. The molecule has 0 bridgehead atoms. The molecule has 1 aliphatic rings. The third-order valence-corrected chi connectivity index (χ3v) is 7.17. The number of amides is 2. The quantitative estimate of drug-likeness (QED) is 0.509. The number of aryl methyl sites for hydroxylation is 1. The Labute approximate surface area is 200 Å². The first kappa shape index (κ1) is 24.8. The first-order valence-corrected chi connectivity index (χ1v) is 11.3. The van der Waals surface area contributed by atoms with E-state index in [2.05, 4.69) is 9.97 Å². The largest absolute Gasteiger partial charge is 0.465 e. The van der Waals surface area contributed by atoms with E-state index >= 15 is 0 Å². The molecule has 1 aliphatic heterocycles. The number of aromatic nitrogens is 2. The lowest BCUT2D eigenvalue weighted by atomic mass is 9.99. The SMILES string of the molecule is Cc1cc(C(F)(F)F)nc(-c2ccnc3c(F)c(CO)sc23)c1C(=O)N1CC[C@H](N(C)C(=O)O)C1. The highest BCUT2D eigenvalue weighted by molar-refractivity contribution is 7.19. The number of fused-ring (bicyclic) bond motifs is 1. The van der Waals surface area contributed by atoms with Crippen molar-refractivity contribution in [3.05, 3.63) is 45.8 Å². The van der Waals surface area contributed by atoms with Crippen molar-refractivity contribution >= 4 is 33.6 Å². The van der Waals surface area contributed by atoms with Gasteiger partial charge in [-0.15, -0.1) is 11.3 Å². The van der Waals surface area contributed by atoms with E-state index in [1.165, 1.54) is 31.1 Å². The zero-order valence-electron chi connectivity index (χ0n) is 18.6. The van der Waals surface area contributed by atoms with Gasteiger partial charge in [-0.2, -0.15) is 13.2 Å². The Hall–Kier alpha value is -3.32. The molecule has 1 saturated heterocycles. The van der Waals surface area contributed by atoms with Crippen LogP contribution in [0, 0.1) is 12.7 Å². The van der Waals surface area contributed by atoms with Crippen LogP contribution in [0.25, 0.3) is 21.5 Å². The normalized spacial score (nSPS) is 16.2. The molecule has 2 N–H and O–H groups in total. The van der Waals surface area contributed by atoms with E-state index in [9.17, 15) is 37.4 Å². The first-order valence-electron chi connectivity index (χ1n) is 10.4. The van der Waals surface area contributed by atoms with Crippen molar-refractivity contribution < 1.29 is 37.4 Å². The van der Waals surface area contributed by atoms with Gasteiger partial charge in [0, 0.05) is 31.9 Å². The Morgan fingerprint density at radius 2 is 2.06 bits per heavy atom. The molecule has 0 radical (unpaired) electrons. The number of carbonyl (C=O) groups excluding carboxylic acids is 1. The minimum atomic E-state index is -4.80. The fraction of sp³-hybridized carbons (Fsp3) is 0.364. The molecule has 186 valence electrons. The number of likely N-dealkylation sites (tertiary alicyclic amines) is 1. The molecule has 0 saturated carbocycles. The third kappa shape index (κ3) is 4.41. The van der Waals surface area contributed by atoms with Crippen LogP contribution < -0.4 is 0 Å². The topological polar surface area (TPSA) is 107 Å². The number of pyridine rings is 2. The van der Waals surface area contributed by atoms with Crippen LogP contribution in [-0.4, -0.2) is 68.2 Å². The first-order chi connectivity index (χ1) is 16.4. The van der Waals surface area contributed by atoms with Crippen molar-refractivity contribution in [1.82, 2.24) is 19.8 Å². The van der Waals surface area contributed by atoms with Gasteiger partial charge in [-0.05, 0) is 31.0 Å². The van der Waals surface area contributed by atoms with Crippen LogP contribution in [0.5, 0.6) is 0 Å². The van der Waals surface area contributed by atoms with Gasteiger partial charge >= 0.3 is 12.3 Å². The van der Waals surface area contributed by atoms with Gasteiger partial charge in [0.25, 0.3) is 5.91 Å². The summed E-state index contributed by atoms with van der Waals surface area (Å²) in [5, 5.41) is 18.7. The van der Waals surface area contributed by atoms with Crippen molar-refractivity contribution in [3.8, 4) is 11.3 Å². The van der Waals surface area contributed by atoms with Gasteiger partial charge in [-0.3, -0.25) is 9.78 Å². The summed E-state index contributed by atoms with van der Waals surface area (Å²) in [4.78, 5) is 35.0. The van der Waals surface area contributed by atoms with Gasteiger partial charge in [0.1, 0.15) is 11.2 Å². The summed E-state index contributed by atoms with van der Waals surface area (Å²) >= 11 is 0.819. The summed E-state index contributed by atoms with van der Waals surface area (Å²) in [5.74, 6) is -1.39. The lowest BCUT2D eigenvalue weighted by Gasteiger charge is -2.23.